The van der Waals surface area contributed by atoms with Crippen LogP contribution in [0.1, 0.15) is 5.56 Å². The van der Waals surface area contributed by atoms with E-state index in [0.29, 0.717) is 5.56 Å². The van der Waals surface area contributed by atoms with Gasteiger partial charge in [-0.05, 0) is 23.9 Å². The lowest BCUT2D eigenvalue weighted by Crippen LogP contribution is -1.86. The van der Waals surface area contributed by atoms with Crippen LogP contribution in [0.5, 0.6) is 0 Å². The highest BCUT2D eigenvalue weighted by Gasteiger charge is 2.16. The van der Waals surface area contributed by atoms with Crippen molar-refractivity contribution in [3.8, 4) is 11.1 Å². The van der Waals surface area contributed by atoms with Gasteiger partial charge >= 0.3 is 5.00 Å². The van der Waals surface area contributed by atoms with Gasteiger partial charge in [0.1, 0.15) is 0 Å². The predicted molar refractivity (Wildman–Crippen MR) is 61.1 cm³/mol. The molecule has 0 unspecified atom stereocenters. The van der Waals surface area contributed by atoms with Gasteiger partial charge in [-0.1, -0.05) is 41.2 Å². The van der Waals surface area contributed by atoms with Crippen molar-refractivity contribution in [1.29, 1.82) is 0 Å². The first-order valence-corrected chi connectivity index (χ1v) is 5.35. The lowest BCUT2D eigenvalue weighted by Gasteiger charge is -1.98. The number of hydrogen-bond acceptors (Lipinski definition) is 3. The van der Waals surface area contributed by atoms with Crippen molar-refractivity contribution in [1.82, 2.24) is 0 Å². The fourth-order valence-electron chi connectivity index (χ4n) is 1.40. The SMILES string of the molecule is Cc1ccc(-c2ccsc2[N+](=O)[O-])cc1. The highest BCUT2D eigenvalue weighted by molar-refractivity contribution is 7.13. The predicted octanol–water partition coefficient (Wildman–Crippen LogP) is 3.63. The number of rotatable bonds is 2. The topological polar surface area (TPSA) is 43.1 Å². The third kappa shape index (κ3) is 1.89. The molecule has 0 spiro atoms. The van der Waals surface area contributed by atoms with E-state index in [0.717, 1.165) is 22.5 Å². The highest BCUT2D eigenvalue weighted by Crippen LogP contribution is 2.34. The van der Waals surface area contributed by atoms with E-state index in [2.05, 4.69) is 0 Å². The first-order valence-electron chi connectivity index (χ1n) is 4.47. The smallest absolute Gasteiger partial charge is 0.258 e. The molecule has 0 amide bonds. The fraction of sp³-hybridized carbons (Fsp3) is 0.0909. The van der Waals surface area contributed by atoms with E-state index >= 15 is 0 Å². The zero-order valence-corrected chi connectivity index (χ0v) is 8.95. The van der Waals surface area contributed by atoms with E-state index in [-0.39, 0.29) is 9.92 Å². The van der Waals surface area contributed by atoms with Crippen LogP contribution in [-0.4, -0.2) is 4.92 Å². The maximum Gasteiger partial charge on any atom is 0.331 e. The van der Waals surface area contributed by atoms with E-state index in [1.54, 1.807) is 11.4 Å². The van der Waals surface area contributed by atoms with Crippen LogP contribution in [0, 0.1) is 17.0 Å². The van der Waals surface area contributed by atoms with Gasteiger partial charge in [0.2, 0.25) is 0 Å². The number of nitrogens with zero attached hydrogens (tertiary/aromatic N) is 1. The summed E-state index contributed by atoms with van der Waals surface area (Å²) in [6.45, 7) is 1.99. The van der Waals surface area contributed by atoms with Gasteiger partial charge in [-0.3, -0.25) is 10.1 Å². The van der Waals surface area contributed by atoms with Gasteiger partial charge in [-0.2, -0.15) is 0 Å². The maximum absolute atomic E-state index is 10.7. The van der Waals surface area contributed by atoms with Gasteiger partial charge < -0.3 is 0 Å². The second kappa shape index (κ2) is 3.82. The molecule has 2 rings (SSSR count). The van der Waals surface area contributed by atoms with Crippen LogP contribution in [0.2, 0.25) is 0 Å². The van der Waals surface area contributed by atoms with Crippen molar-refractivity contribution in [3.63, 3.8) is 0 Å². The third-order valence-corrected chi connectivity index (χ3v) is 3.04. The summed E-state index contributed by atoms with van der Waals surface area (Å²) in [6.07, 6.45) is 0. The quantitative estimate of drug-likeness (QED) is 0.571. The van der Waals surface area contributed by atoms with Gasteiger partial charge in [0.15, 0.2) is 0 Å². The van der Waals surface area contributed by atoms with Gasteiger partial charge in [-0.15, -0.1) is 0 Å². The summed E-state index contributed by atoms with van der Waals surface area (Å²) in [5.74, 6) is 0. The highest BCUT2D eigenvalue weighted by atomic mass is 32.1. The number of nitro groups is 1. The lowest BCUT2D eigenvalue weighted by molar-refractivity contribution is -0.379. The van der Waals surface area contributed by atoms with Crippen LogP contribution in [0.15, 0.2) is 35.7 Å². The average molecular weight is 219 g/mol. The first-order chi connectivity index (χ1) is 7.18. The van der Waals surface area contributed by atoms with Crippen molar-refractivity contribution >= 4 is 16.3 Å². The Kier molecular flexibility index (Phi) is 2.51. The molecule has 0 fully saturated rings. The Hall–Kier alpha value is -1.68. The summed E-state index contributed by atoms with van der Waals surface area (Å²) in [6, 6.07) is 9.51. The van der Waals surface area contributed by atoms with E-state index in [4.69, 9.17) is 0 Å². The first kappa shape index (κ1) is 9.86. The molecule has 0 saturated heterocycles. The molecule has 4 heteroatoms. The maximum atomic E-state index is 10.7. The molecule has 0 saturated carbocycles. The molecule has 76 valence electrons. The monoisotopic (exact) mass is 219 g/mol. The van der Waals surface area contributed by atoms with E-state index in [9.17, 15) is 10.1 Å². The summed E-state index contributed by atoms with van der Waals surface area (Å²) in [5.41, 5.74) is 2.75. The summed E-state index contributed by atoms with van der Waals surface area (Å²) >= 11 is 1.16. The van der Waals surface area contributed by atoms with E-state index in [1.807, 2.05) is 31.2 Å². The summed E-state index contributed by atoms with van der Waals surface area (Å²) < 4.78 is 0. The van der Waals surface area contributed by atoms with Crippen molar-refractivity contribution in [2.24, 2.45) is 0 Å². The number of thiophene rings is 1. The minimum Gasteiger partial charge on any atom is -0.258 e. The molecule has 3 nitrogen and oxygen atoms in total. The van der Waals surface area contributed by atoms with Crippen LogP contribution in [0.4, 0.5) is 5.00 Å². The Bertz CT molecular complexity index is 488. The zero-order valence-electron chi connectivity index (χ0n) is 8.14. The fourth-order valence-corrected chi connectivity index (χ4v) is 2.13. The molecule has 0 atom stereocenters. The van der Waals surface area contributed by atoms with Crippen molar-refractivity contribution < 1.29 is 4.92 Å². The van der Waals surface area contributed by atoms with Gasteiger partial charge in [0.25, 0.3) is 0 Å². The van der Waals surface area contributed by atoms with Crippen LogP contribution in [0.25, 0.3) is 11.1 Å². The van der Waals surface area contributed by atoms with Crippen LogP contribution >= 0.6 is 11.3 Å². The molecular weight excluding hydrogens is 210 g/mol. The summed E-state index contributed by atoms with van der Waals surface area (Å²) in [5, 5.41) is 12.7. The second-order valence-corrected chi connectivity index (χ2v) is 4.16. The molecular formula is C11H9NO2S. The van der Waals surface area contributed by atoms with Gasteiger partial charge in [0, 0.05) is 0 Å². The number of aryl methyl sites for hydroxylation is 1. The molecule has 0 aliphatic rings. The molecule has 1 heterocycles. The second-order valence-electron chi connectivity index (χ2n) is 3.26. The van der Waals surface area contributed by atoms with Gasteiger partial charge in [-0.25, -0.2) is 0 Å². The van der Waals surface area contributed by atoms with Crippen molar-refractivity contribution in [2.45, 2.75) is 6.92 Å². The molecule has 1 aromatic heterocycles. The van der Waals surface area contributed by atoms with Crippen LogP contribution < -0.4 is 0 Å². The Morgan fingerprint density at radius 3 is 2.47 bits per heavy atom. The Labute approximate surface area is 91.1 Å². The third-order valence-electron chi connectivity index (χ3n) is 2.17. The van der Waals surface area contributed by atoms with E-state index < -0.39 is 0 Å². The summed E-state index contributed by atoms with van der Waals surface area (Å²) in [7, 11) is 0. The number of hydrogen-bond donors (Lipinski definition) is 0. The summed E-state index contributed by atoms with van der Waals surface area (Å²) in [4.78, 5) is 10.4. The van der Waals surface area contributed by atoms with Crippen molar-refractivity contribution in [2.75, 3.05) is 0 Å². The van der Waals surface area contributed by atoms with E-state index in [1.165, 1.54) is 0 Å². The standard InChI is InChI=1S/C11H9NO2S/c1-8-2-4-9(5-3-8)10-6-7-15-11(10)12(13)14/h2-7H,1H3. The van der Waals surface area contributed by atoms with Crippen molar-refractivity contribution in [3.05, 3.63) is 51.4 Å². The van der Waals surface area contributed by atoms with Crippen LogP contribution in [-0.2, 0) is 0 Å². The normalized spacial score (nSPS) is 10.2. The minimum atomic E-state index is -0.333. The molecule has 0 radical (unpaired) electrons. The molecule has 15 heavy (non-hydrogen) atoms. The molecule has 0 aliphatic heterocycles. The molecule has 2 aromatic rings. The minimum absolute atomic E-state index is 0.207. The molecule has 0 bridgehead atoms. The molecule has 1 aromatic carbocycles. The Balaban J connectivity index is 2.49. The largest absolute Gasteiger partial charge is 0.331 e. The Morgan fingerprint density at radius 1 is 1.20 bits per heavy atom. The zero-order chi connectivity index (χ0) is 10.8. The molecule has 0 aliphatic carbocycles. The number of benzene rings is 1. The molecule has 0 N–H and O–H groups in total. The van der Waals surface area contributed by atoms with Crippen LogP contribution in [0.3, 0.4) is 0 Å². The average Bonchev–Trinajstić information content (AvgIpc) is 2.67. The Morgan fingerprint density at radius 2 is 1.87 bits per heavy atom. The van der Waals surface area contributed by atoms with Gasteiger partial charge in [0.05, 0.1) is 10.5 Å². The lowest BCUT2D eigenvalue weighted by atomic mass is 10.1.